The molecule has 0 radical (unpaired) electrons. The number of hydrogen-bond donors (Lipinski definition) is 2. The molecule has 3 rings (SSSR count). The van der Waals surface area contributed by atoms with Crippen molar-refractivity contribution in [2.24, 2.45) is 5.92 Å². The first-order valence-corrected chi connectivity index (χ1v) is 11.6. The topological polar surface area (TPSA) is 105 Å². The summed E-state index contributed by atoms with van der Waals surface area (Å²) in [5, 5.41) is 0. The van der Waals surface area contributed by atoms with Gasteiger partial charge < -0.3 is 4.84 Å². The molecule has 2 aromatic rings. The second-order valence-corrected chi connectivity index (χ2v) is 9.60. The van der Waals surface area contributed by atoms with E-state index in [-0.39, 0.29) is 23.8 Å². The van der Waals surface area contributed by atoms with Crippen molar-refractivity contribution < 1.29 is 22.8 Å². The first-order chi connectivity index (χ1) is 14.8. The van der Waals surface area contributed by atoms with E-state index in [1.54, 1.807) is 42.5 Å². The molecular formula is C22H27N3O5S. The molecule has 2 aromatic carbocycles. The van der Waals surface area contributed by atoms with Crippen LogP contribution in [0, 0.1) is 19.8 Å². The highest BCUT2D eigenvalue weighted by atomic mass is 32.2. The lowest BCUT2D eigenvalue weighted by Gasteiger charge is -2.31. The minimum Gasteiger partial charge on any atom is -0.351 e. The van der Waals surface area contributed by atoms with E-state index in [2.05, 4.69) is 11.0 Å². The number of hydrazine groups is 1. The molecular weight excluding hydrogens is 418 g/mol. The Balaban J connectivity index is 1.49. The van der Waals surface area contributed by atoms with Crippen molar-refractivity contribution in [1.82, 2.24) is 15.3 Å². The van der Waals surface area contributed by atoms with Crippen LogP contribution in [0.3, 0.4) is 0 Å². The molecule has 1 saturated heterocycles. The molecule has 1 atom stereocenters. The summed E-state index contributed by atoms with van der Waals surface area (Å²) in [5.74, 6) is -1.13. The normalized spacial score (nSPS) is 17.2. The van der Waals surface area contributed by atoms with Crippen LogP contribution in [0.2, 0.25) is 0 Å². The fraction of sp³-hybridized carbons (Fsp3) is 0.364. The van der Waals surface area contributed by atoms with Crippen LogP contribution in [0.5, 0.6) is 0 Å². The van der Waals surface area contributed by atoms with E-state index in [9.17, 15) is 18.0 Å². The number of carbonyl (C=O) groups is 2. The summed E-state index contributed by atoms with van der Waals surface area (Å²) in [6, 6.07) is 13.6. The molecule has 1 aliphatic heterocycles. The monoisotopic (exact) mass is 445 g/mol. The molecule has 0 bridgehead atoms. The summed E-state index contributed by atoms with van der Waals surface area (Å²) in [4.78, 5) is 29.6. The van der Waals surface area contributed by atoms with Crippen LogP contribution in [0.25, 0.3) is 0 Å². The Morgan fingerprint density at radius 2 is 1.84 bits per heavy atom. The van der Waals surface area contributed by atoms with Gasteiger partial charge in [0, 0.05) is 18.7 Å². The van der Waals surface area contributed by atoms with Gasteiger partial charge in [-0.3, -0.25) is 15.0 Å². The van der Waals surface area contributed by atoms with E-state index < -0.39 is 21.9 Å². The quantitative estimate of drug-likeness (QED) is 0.635. The van der Waals surface area contributed by atoms with E-state index in [1.807, 2.05) is 19.9 Å². The zero-order valence-corrected chi connectivity index (χ0v) is 18.4. The minimum atomic E-state index is -3.59. The van der Waals surface area contributed by atoms with E-state index >= 15 is 0 Å². The predicted octanol–water partition coefficient (Wildman–Crippen LogP) is 2.49. The van der Waals surface area contributed by atoms with Crippen molar-refractivity contribution in [3.05, 3.63) is 65.2 Å². The SMILES string of the molecule is Cc1cccc(C(=O)NNOC(=O)CC2CCCN(S(=O)(=O)c3ccccc3)C2)c1C. The van der Waals surface area contributed by atoms with E-state index in [0.717, 1.165) is 17.5 Å². The first kappa shape index (κ1) is 22.9. The number of amides is 1. The maximum absolute atomic E-state index is 12.8. The molecule has 1 unspecified atom stereocenters. The number of nitrogens with zero attached hydrogens (tertiary/aromatic N) is 1. The van der Waals surface area contributed by atoms with Crippen molar-refractivity contribution in [1.29, 1.82) is 0 Å². The van der Waals surface area contributed by atoms with Gasteiger partial charge in [-0.05, 0) is 61.9 Å². The third-order valence-corrected chi connectivity index (χ3v) is 7.38. The number of aryl methyl sites for hydroxylation is 1. The Kier molecular flexibility index (Phi) is 7.42. The highest BCUT2D eigenvalue weighted by molar-refractivity contribution is 7.89. The second kappa shape index (κ2) is 10.0. The van der Waals surface area contributed by atoms with Gasteiger partial charge in [0.25, 0.3) is 5.91 Å². The number of nitrogens with one attached hydrogen (secondary N) is 2. The number of piperidine rings is 1. The van der Waals surface area contributed by atoms with Crippen molar-refractivity contribution >= 4 is 21.9 Å². The van der Waals surface area contributed by atoms with Crippen LogP contribution in [-0.4, -0.2) is 37.7 Å². The van der Waals surface area contributed by atoms with Gasteiger partial charge in [0.2, 0.25) is 10.0 Å². The van der Waals surface area contributed by atoms with Crippen molar-refractivity contribution in [2.45, 2.75) is 38.0 Å². The molecule has 1 amide bonds. The molecule has 2 N–H and O–H groups in total. The maximum Gasteiger partial charge on any atom is 0.327 e. The van der Waals surface area contributed by atoms with Crippen molar-refractivity contribution in [2.75, 3.05) is 13.1 Å². The van der Waals surface area contributed by atoms with Crippen molar-refractivity contribution in [3.8, 4) is 0 Å². The van der Waals surface area contributed by atoms with Crippen LogP contribution in [0.1, 0.15) is 40.7 Å². The van der Waals surface area contributed by atoms with Crippen LogP contribution in [-0.2, 0) is 19.7 Å². The molecule has 8 nitrogen and oxygen atoms in total. The number of rotatable bonds is 7. The lowest BCUT2D eigenvalue weighted by atomic mass is 9.96. The fourth-order valence-corrected chi connectivity index (χ4v) is 5.20. The summed E-state index contributed by atoms with van der Waals surface area (Å²) in [6.07, 6.45) is 1.44. The van der Waals surface area contributed by atoms with Gasteiger partial charge >= 0.3 is 5.97 Å². The highest BCUT2D eigenvalue weighted by Crippen LogP contribution is 2.25. The summed E-state index contributed by atoms with van der Waals surface area (Å²) in [7, 11) is -3.59. The Morgan fingerprint density at radius 1 is 1.10 bits per heavy atom. The highest BCUT2D eigenvalue weighted by Gasteiger charge is 2.31. The first-order valence-electron chi connectivity index (χ1n) is 10.2. The van der Waals surface area contributed by atoms with E-state index in [1.165, 1.54) is 4.31 Å². The Labute approximate surface area is 182 Å². The van der Waals surface area contributed by atoms with Gasteiger partial charge in [0.1, 0.15) is 0 Å². The number of carbonyl (C=O) groups excluding carboxylic acids is 2. The van der Waals surface area contributed by atoms with Gasteiger partial charge in [0.05, 0.1) is 11.3 Å². The molecule has 1 heterocycles. The smallest absolute Gasteiger partial charge is 0.327 e. The molecule has 1 fully saturated rings. The average molecular weight is 446 g/mol. The zero-order valence-electron chi connectivity index (χ0n) is 17.6. The lowest BCUT2D eigenvalue weighted by molar-refractivity contribution is -0.154. The molecule has 0 aliphatic carbocycles. The van der Waals surface area contributed by atoms with Crippen LogP contribution >= 0.6 is 0 Å². The Hall–Kier alpha value is -2.75. The molecule has 1 aliphatic rings. The van der Waals surface area contributed by atoms with E-state index in [4.69, 9.17) is 4.84 Å². The third-order valence-electron chi connectivity index (χ3n) is 5.50. The lowest BCUT2D eigenvalue weighted by Crippen LogP contribution is -2.42. The van der Waals surface area contributed by atoms with Gasteiger partial charge in [-0.1, -0.05) is 35.9 Å². The van der Waals surface area contributed by atoms with Crippen LogP contribution in [0.4, 0.5) is 0 Å². The molecule has 0 aromatic heterocycles. The molecule has 0 spiro atoms. The van der Waals surface area contributed by atoms with Gasteiger partial charge in [-0.15, -0.1) is 0 Å². The summed E-state index contributed by atoms with van der Waals surface area (Å²) in [5.41, 5.74) is 6.87. The minimum absolute atomic E-state index is 0.0488. The largest absolute Gasteiger partial charge is 0.351 e. The van der Waals surface area contributed by atoms with Gasteiger partial charge in [-0.2, -0.15) is 4.31 Å². The third kappa shape index (κ3) is 5.69. The average Bonchev–Trinajstić information content (AvgIpc) is 2.76. The summed E-state index contributed by atoms with van der Waals surface area (Å²) < 4.78 is 27.0. The van der Waals surface area contributed by atoms with Gasteiger partial charge in [-0.25, -0.2) is 8.42 Å². The fourth-order valence-electron chi connectivity index (χ4n) is 3.62. The molecule has 9 heteroatoms. The summed E-state index contributed by atoms with van der Waals surface area (Å²) in [6.45, 7) is 4.42. The number of benzene rings is 2. The Bertz CT molecular complexity index is 1040. The standard InChI is InChI=1S/C22H27N3O5S/c1-16-8-6-12-20(17(16)2)22(27)23-24-30-21(26)14-18-9-7-13-25(15-18)31(28,29)19-10-4-3-5-11-19/h3-6,8,10-12,18,24H,7,9,13-15H2,1-2H3,(H,23,27). The van der Waals surface area contributed by atoms with Crippen molar-refractivity contribution in [3.63, 3.8) is 0 Å². The molecule has 31 heavy (non-hydrogen) atoms. The van der Waals surface area contributed by atoms with Crippen LogP contribution < -0.4 is 11.0 Å². The summed E-state index contributed by atoms with van der Waals surface area (Å²) >= 11 is 0. The molecule has 166 valence electrons. The van der Waals surface area contributed by atoms with E-state index in [0.29, 0.717) is 18.5 Å². The molecule has 0 saturated carbocycles. The second-order valence-electron chi connectivity index (χ2n) is 7.67. The van der Waals surface area contributed by atoms with Gasteiger partial charge in [0.15, 0.2) is 0 Å². The predicted molar refractivity (Wildman–Crippen MR) is 115 cm³/mol. The maximum atomic E-state index is 12.8. The zero-order chi connectivity index (χ0) is 22.4. The number of sulfonamides is 1. The van der Waals surface area contributed by atoms with Crippen LogP contribution in [0.15, 0.2) is 53.4 Å². The number of hydrogen-bond acceptors (Lipinski definition) is 6. The Morgan fingerprint density at radius 3 is 2.58 bits per heavy atom.